The molecule has 0 aromatic carbocycles. The van der Waals surface area contributed by atoms with E-state index in [0.717, 1.165) is 52.3 Å². The zero-order chi connectivity index (χ0) is 77.8. The second kappa shape index (κ2) is 44.6. The summed E-state index contributed by atoms with van der Waals surface area (Å²) in [7, 11) is 15.0. The third-order valence-corrected chi connectivity index (χ3v) is 19.2. The number of thiazole rings is 2. The number of hydrogen-bond acceptors (Lipinski definition) is 14. The molecule has 0 N–H and O–H groups in total. The summed E-state index contributed by atoms with van der Waals surface area (Å²) in [5.74, 6) is 8.28. The Labute approximate surface area is 624 Å². The van der Waals surface area contributed by atoms with Crippen LogP contribution in [0.25, 0.3) is 0 Å². The largest absolute Gasteiger partial charge is 0.481 e. The van der Waals surface area contributed by atoms with E-state index in [1.165, 1.54) is 75.8 Å². The lowest BCUT2D eigenvalue weighted by Crippen LogP contribution is -2.07. The van der Waals surface area contributed by atoms with Gasteiger partial charge in [-0.1, -0.05) is 156 Å². The molecule has 10 heterocycles. The van der Waals surface area contributed by atoms with Crippen molar-refractivity contribution in [2.45, 2.75) is 261 Å². The van der Waals surface area contributed by atoms with Crippen LogP contribution in [0.2, 0.25) is 5.15 Å². The van der Waals surface area contributed by atoms with Crippen LogP contribution in [0.5, 0.6) is 5.88 Å². The Hall–Kier alpha value is -6.90. The summed E-state index contributed by atoms with van der Waals surface area (Å²) in [4.78, 5) is 15.5. The van der Waals surface area contributed by atoms with E-state index >= 15 is 0 Å². The number of hydrogen-bond donors (Lipinski definition) is 0. The van der Waals surface area contributed by atoms with Crippen LogP contribution < -0.4 is 4.74 Å². The Morgan fingerprint density at radius 3 is 1.06 bits per heavy atom. The van der Waals surface area contributed by atoms with Gasteiger partial charge in [-0.05, 0) is 162 Å². The van der Waals surface area contributed by atoms with Crippen LogP contribution in [0, 0.1) is 75.2 Å². The number of nitrogens with zero attached hydrogens (tertiary/aromatic N) is 15. The summed E-state index contributed by atoms with van der Waals surface area (Å²) in [5.41, 5.74) is 18.7. The lowest BCUT2D eigenvalue weighted by atomic mass is 10.0. The van der Waals surface area contributed by atoms with Gasteiger partial charge in [0.05, 0.1) is 65.5 Å². The number of halogens is 1. The molecule has 0 fully saturated rings. The minimum absolute atomic E-state index is 0.459. The van der Waals surface area contributed by atoms with Crippen molar-refractivity contribution in [1.29, 1.82) is 0 Å². The molecule has 0 spiro atoms. The molecule has 0 atom stereocenters. The highest BCUT2D eigenvalue weighted by Crippen LogP contribution is 2.28. The van der Waals surface area contributed by atoms with E-state index in [-0.39, 0.29) is 0 Å². The Morgan fingerprint density at radius 1 is 0.436 bits per heavy atom. The number of methoxy groups -OCH3 is 2. The summed E-state index contributed by atoms with van der Waals surface area (Å²) >= 11 is 9.40. The summed E-state index contributed by atoms with van der Waals surface area (Å²) in [6, 6.07) is 0. The molecule has 0 aliphatic carbocycles. The van der Waals surface area contributed by atoms with E-state index in [0.29, 0.717) is 64.3 Å². The van der Waals surface area contributed by atoms with E-state index < -0.39 is 0 Å². The number of aromatic nitrogens is 14. The SMILES string of the molecule is CC(C)c1cn(C)nc1Cl.COC1=NCC=C1C(C)C.COc1nn(C)cc1C(C)C.Cc1coc(C)c1C(C)C.Cc1nc(C)c(C(C)C)s1.Cc1ncc(C(C)C)s1.Cc1nn(C)c(C)c1C(C)C.Cc1nn(C)cc1C(C)C.Cc1nn(C)cc1C(C)C.Cc1nn(C)cc1C(C)C. The van der Waals surface area contributed by atoms with Crippen LogP contribution in [-0.2, 0) is 47.0 Å². The fourth-order valence-corrected chi connectivity index (χ4v) is 13.4. The molecule has 18 nitrogen and oxygen atoms in total. The molecular weight excluding hydrogens is 1320 g/mol. The molecular formula is C80H134ClN15O3S2. The molecule has 101 heavy (non-hydrogen) atoms. The zero-order valence-electron chi connectivity index (χ0n) is 69.7. The molecule has 0 saturated carbocycles. The highest BCUT2D eigenvalue weighted by atomic mass is 35.5. The van der Waals surface area contributed by atoms with Crippen molar-refractivity contribution in [2.75, 3.05) is 20.8 Å². The maximum absolute atomic E-state index is 5.81. The van der Waals surface area contributed by atoms with Crippen molar-refractivity contribution in [1.82, 2.24) is 68.7 Å². The van der Waals surface area contributed by atoms with Gasteiger partial charge in [-0.2, -0.15) is 25.5 Å². The maximum Gasteiger partial charge on any atom is 0.235 e. The number of rotatable bonds is 11. The number of aliphatic imine (C=N–C) groups is 1. The Kier molecular flexibility index (Phi) is 40.7. The monoisotopic (exact) mass is 1450 g/mol. The van der Waals surface area contributed by atoms with Gasteiger partial charge in [0.15, 0.2) is 5.15 Å². The number of furan rings is 1. The predicted molar refractivity (Wildman–Crippen MR) is 430 cm³/mol. The van der Waals surface area contributed by atoms with Crippen LogP contribution in [0.1, 0.15) is 296 Å². The molecule has 0 amide bonds. The lowest BCUT2D eigenvalue weighted by molar-refractivity contribution is 0.386. The van der Waals surface area contributed by atoms with Gasteiger partial charge in [0.25, 0.3) is 0 Å². The van der Waals surface area contributed by atoms with Gasteiger partial charge in [-0.25, -0.2) is 15.0 Å². The minimum Gasteiger partial charge on any atom is -0.481 e. The van der Waals surface area contributed by atoms with Crippen LogP contribution >= 0.6 is 34.3 Å². The van der Waals surface area contributed by atoms with Gasteiger partial charge in [-0.15, -0.1) is 27.8 Å². The predicted octanol–water partition coefficient (Wildman–Crippen LogP) is 21.6. The first-order valence-electron chi connectivity index (χ1n) is 35.8. The Bertz CT molecular complexity index is 3560. The number of aryl methyl sites for hydroxylation is 15. The molecule has 0 unspecified atom stereocenters. The van der Waals surface area contributed by atoms with E-state index in [1.54, 1.807) is 34.9 Å². The zero-order valence-corrected chi connectivity index (χ0v) is 72.1. The Balaban J connectivity index is 0.000000561. The molecule has 21 heteroatoms. The highest BCUT2D eigenvalue weighted by molar-refractivity contribution is 7.12. The van der Waals surface area contributed by atoms with Gasteiger partial charge in [0.2, 0.25) is 11.8 Å². The summed E-state index contributed by atoms with van der Waals surface area (Å²) < 4.78 is 26.5. The van der Waals surface area contributed by atoms with E-state index in [1.807, 2.05) is 111 Å². The standard InChI is InChI=1S/C9H16N2.C9H14O.C8H14N2O.3C8H14N2.C8H13NO.C8H13NS.C7H11ClN2.C7H11NS/c1-6(2)9-7(3)10-11(5)8(9)4;1-6(2)9-7(3)5-10-8(9)4;1-6(2)7-5-10(3)9-8(7)11-4;3*1-6(2)8-5-10(4)9-7(8)3;1-6(2)7-4-5-9-8(7)10-3;1-5(2)8-6(3)9-7(4)10-8;1-5(2)6-4-10(3)9-7(6)8;1-5(2)7-4-8-6(3)9-7/h6H,1-5H3;5-6H,1-4H3;5-6H,1-4H3;3*5-6H,1-4H3;4,6H,5H2,1-3H3;5H,1-4H3;4-5H,1-3H3;4-5H,1-3H3. The molecule has 0 saturated heterocycles. The first-order chi connectivity index (χ1) is 46.8. The van der Waals surface area contributed by atoms with Crippen LogP contribution in [-0.4, -0.2) is 95.3 Å². The molecule has 9 aromatic heterocycles. The van der Waals surface area contributed by atoms with Crippen LogP contribution in [0.3, 0.4) is 0 Å². The topological polar surface area (TPSA) is 177 Å². The van der Waals surface area contributed by atoms with Crippen molar-refractivity contribution in [2.24, 2.45) is 53.2 Å². The highest BCUT2D eigenvalue weighted by Gasteiger charge is 2.17. The van der Waals surface area contributed by atoms with Gasteiger partial charge >= 0.3 is 0 Å². The van der Waals surface area contributed by atoms with Crippen molar-refractivity contribution >= 4 is 40.2 Å². The second-order valence-corrected chi connectivity index (χ2v) is 31.8. The lowest BCUT2D eigenvalue weighted by Gasteiger charge is -2.07. The maximum atomic E-state index is 5.81. The van der Waals surface area contributed by atoms with Crippen LogP contribution in [0.15, 0.2) is 64.5 Å². The minimum atomic E-state index is 0.459. The molecule has 10 rings (SSSR count). The molecule has 0 bridgehead atoms. The first kappa shape index (κ1) is 92.1. The number of ether oxygens (including phenoxy) is 2. The first-order valence-corrected chi connectivity index (χ1v) is 37.8. The summed E-state index contributed by atoms with van der Waals surface area (Å²) in [6.45, 7) is 64.8. The second-order valence-electron chi connectivity index (χ2n) is 29.0. The third-order valence-electron chi connectivity index (χ3n) is 16.3. The molecule has 0 radical (unpaired) electrons. The van der Waals surface area contributed by atoms with Gasteiger partial charge in [0.1, 0.15) is 5.76 Å². The molecule has 1 aliphatic rings. The van der Waals surface area contributed by atoms with Crippen LogP contribution in [0.4, 0.5) is 0 Å². The van der Waals surface area contributed by atoms with Crippen molar-refractivity contribution in [3.8, 4) is 5.88 Å². The van der Waals surface area contributed by atoms with E-state index in [9.17, 15) is 0 Å². The van der Waals surface area contributed by atoms with Crippen molar-refractivity contribution in [3.63, 3.8) is 0 Å². The average Bonchev–Trinajstić information content (AvgIpc) is 1.74. The molecule has 566 valence electrons. The molecule has 9 aromatic rings. The summed E-state index contributed by atoms with van der Waals surface area (Å²) in [6.07, 6.45) is 16.1. The smallest absolute Gasteiger partial charge is 0.235 e. The van der Waals surface area contributed by atoms with Crippen molar-refractivity contribution in [3.05, 3.63) is 164 Å². The van der Waals surface area contributed by atoms with Gasteiger partial charge < -0.3 is 13.9 Å². The normalized spacial score (nSPS) is 11.5. The Morgan fingerprint density at radius 2 is 0.861 bits per heavy atom. The average molecular weight is 1450 g/mol. The quantitative estimate of drug-likeness (QED) is 0.120. The summed E-state index contributed by atoms with van der Waals surface area (Å²) in [5, 5.41) is 28.2. The fraction of sp³-hybridized carbons (Fsp3) is 0.613. The van der Waals surface area contributed by atoms with E-state index in [4.69, 9.17) is 25.5 Å². The fourth-order valence-electron chi connectivity index (χ4n) is 11.3. The molecule has 1 aliphatic heterocycles. The van der Waals surface area contributed by atoms with Gasteiger partial charge in [-0.3, -0.25) is 28.1 Å². The third kappa shape index (κ3) is 31.3. The van der Waals surface area contributed by atoms with Crippen molar-refractivity contribution < 1.29 is 13.9 Å². The van der Waals surface area contributed by atoms with E-state index in [2.05, 4.69) is 264 Å². The van der Waals surface area contributed by atoms with Gasteiger partial charge in [0, 0.05) is 112 Å².